The summed E-state index contributed by atoms with van der Waals surface area (Å²) in [6.45, 7) is 0. The Morgan fingerprint density at radius 2 is 2.05 bits per heavy atom. The summed E-state index contributed by atoms with van der Waals surface area (Å²) in [7, 11) is 0. The van der Waals surface area contributed by atoms with Gasteiger partial charge in [-0.15, -0.1) is 0 Å². The van der Waals surface area contributed by atoms with E-state index in [2.05, 4.69) is 15.2 Å². The number of H-pyrrole nitrogens is 1. The molecule has 0 aliphatic heterocycles. The van der Waals surface area contributed by atoms with E-state index in [-0.39, 0.29) is 5.15 Å². The lowest BCUT2D eigenvalue weighted by Crippen LogP contribution is -2.13. The molecule has 0 aliphatic carbocycles. The van der Waals surface area contributed by atoms with Gasteiger partial charge in [-0.25, -0.2) is 4.98 Å². The Labute approximate surface area is 109 Å². The van der Waals surface area contributed by atoms with Gasteiger partial charge in [0.25, 0.3) is 0 Å². The fourth-order valence-corrected chi connectivity index (χ4v) is 2.01. The Hall–Kier alpha value is -2.02. The van der Waals surface area contributed by atoms with Crippen molar-refractivity contribution >= 4 is 22.5 Å². The highest BCUT2D eigenvalue weighted by atomic mass is 35.5. The van der Waals surface area contributed by atoms with Crippen molar-refractivity contribution in [2.24, 2.45) is 0 Å². The molecular weight excluding hydrogens is 281 g/mol. The van der Waals surface area contributed by atoms with E-state index in [1.807, 2.05) is 0 Å². The largest absolute Gasteiger partial charge is 0.450 e. The van der Waals surface area contributed by atoms with Crippen LogP contribution in [0.1, 0.15) is 5.82 Å². The number of imidazole rings is 1. The van der Waals surface area contributed by atoms with Crippen molar-refractivity contribution in [1.82, 2.24) is 19.7 Å². The van der Waals surface area contributed by atoms with Crippen LogP contribution in [-0.4, -0.2) is 19.7 Å². The molecule has 1 aromatic carbocycles. The number of hydrogen-bond donors (Lipinski definition) is 1. The molecule has 0 radical (unpaired) electrons. The van der Waals surface area contributed by atoms with Crippen molar-refractivity contribution in [3.05, 3.63) is 41.6 Å². The molecule has 2 heterocycles. The molecule has 3 aromatic rings. The number of hydrogen-bond acceptors (Lipinski definition) is 2. The van der Waals surface area contributed by atoms with Crippen LogP contribution in [0.25, 0.3) is 16.6 Å². The van der Waals surface area contributed by atoms with Crippen molar-refractivity contribution < 1.29 is 13.2 Å². The first-order chi connectivity index (χ1) is 8.95. The Morgan fingerprint density at radius 3 is 2.79 bits per heavy atom. The molecular formula is C11H6ClF3N4. The van der Waals surface area contributed by atoms with E-state index < -0.39 is 12.0 Å². The summed E-state index contributed by atoms with van der Waals surface area (Å²) in [5, 5.41) is 7.03. The summed E-state index contributed by atoms with van der Waals surface area (Å²) in [5.74, 6) is -1.06. The third-order valence-corrected chi connectivity index (χ3v) is 2.81. The van der Waals surface area contributed by atoms with Gasteiger partial charge in [0.15, 0.2) is 0 Å². The van der Waals surface area contributed by atoms with Crippen LogP contribution >= 0.6 is 11.6 Å². The van der Waals surface area contributed by atoms with Gasteiger partial charge in [0, 0.05) is 17.3 Å². The summed E-state index contributed by atoms with van der Waals surface area (Å²) in [6, 6.07) is 4.76. The molecule has 4 nitrogen and oxygen atoms in total. The van der Waals surface area contributed by atoms with E-state index in [4.69, 9.17) is 11.6 Å². The maximum Gasteiger partial charge on any atom is 0.450 e. The summed E-state index contributed by atoms with van der Waals surface area (Å²) < 4.78 is 39.4. The molecule has 0 atom stereocenters. The Balaban J connectivity index is 2.20. The maximum absolute atomic E-state index is 12.8. The smallest absolute Gasteiger partial charge is 0.295 e. The number of aromatic nitrogens is 4. The molecule has 0 saturated heterocycles. The highest BCUT2D eigenvalue weighted by molar-refractivity contribution is 6.29. The SMILES string of the molecule is FC(F)(F)c1nc(Cl)cn1-c1ccc2[nH]ncc2c1. The van der Waals surface area contributed by atoms with E-state index in [1.165, 1.54) is 12.3 Å². The number of alkyl halides is 3. The van der Waals surface area contributed by atoms with Gasteiger partial charge < -0.3 is 0 Å². The number of rotatable bonds is 1. The lowest BCUT2D eigenvalue weighted by Gasteiger charge is -2.10. The predicted molar refractivity (Wildman–Crippen MR) is 63.2 cm³/mol. The van der Waals surface area contributed by atoms with Crippen molar-refractivity contribution in [3.63, 3.8) is 0 Å². The van der Waals surface area contributed by atoms with Gasteiger partial charge in [-0.1, -0.05) is 11.6 Å². The highest BCUT2D eigenvalue weighted by Crippen LogP contribution is 2.32. The number of fused-ring (bicyclic) bond motifs is 1. The lowest BCUT2D eigenvalue weighted by molar-refractivity contribution is -0.145. The Morgan fingerprint density at radius 1 is 1.26 bits per heavy atom. The molecule has 19 heavy (non-hydrogen) atoms. The second kappa shape index (κ2) is 3.99. The minimum Gasteiger partial charge on any atom is -0.295 e. The quantitative estimate of drug-likeness (QED) is 0.745. The molecule has 0 aliphatic rings. The van der Waals surface area contributed by atoms with Crippen molar-refractivity contribution in [1.29, 1.82) is 0 Å². The molecule has 0 saturated carbocycles. The van der Waals surface area contributed by atoms with Gasteiger partial charge >= 0.3 is 6.18 Å². The zero-order valence-corrected chi connectivity index (χ0v) is 10.00. The van der Waals surface area contributed by atoms with E-state index in [0.717, 1.165) is 16.3 Å². The predicted octanol–water partition coefficient (Wildman–Crippen LogP) is 3.42. The van der Waals surface area contributed by atoms with Crippen molar-refractivity contribution in [2.45, 2.75) is 6.18 Å². The van der Waals surface area contributed by atoms with Gasteiger partial charge in [0.05, 0.1) is 11.7 Å². The first-order valence-electron chi connectivity index (χ1n) is 5.21. The van der Waals surface area contributed by atoms with Crippen LogP contribution in [0.15, 0.2) is 30.6 Å². The molecule has 0 amide bonds. The number of nitrogens with zero attached hydrogens (tertiary/aromatic N) is 3. The maximum atomic E-state index is 12.8. The monoisotopic (exact) mass is 286 g/mol. The molecule has 0 unspecified atom stereocenters. The number of nitrogens with one attached hydrogen (secondary N) is 1. The average Bonchev–Trinajstić information content (AvgIpc) is 2.92. The lowest BCUT2D eigenvalue weighted by atomic mass is 10.2. The van der Waals surface area contributed by atoms with E-state index in [1.54, 1.807) is 12.1 Å². The summed E-state index contributed by atoms with van der Waals surface area (Å²) >= 11 is 5.57. The first-order valence-corrected chi connectivity index (χ1v) is 5.58. The Kier molecular flexibility index (Phi) is 2.53. The number of benzene rings is 1. The standard InChI is InChI=1S/C11H6ClF3N4/c12-9-5-19(10(17-9)11(13,14)15)7-1-2-8-6(3-7)4-16-18-8/h1-5H,(H,16,18). The van der Waals surface area contributed by atoms with E-state index in [0.29, 0.717) is 11.1 Å². The normalized spacial score (nSPS) is 12.2. The molecule has 98 valence electrons. The topological polar surface area (TPSA) is 46.5 Å². The zero-order chi connectivity index (χ0) is 13.6. The van der Waals surface area contributed by atoms with Crippen LogP contribution in [0.4, 0.5) is 13.2 Å². The second-order valence-corrected chi connectivity index (χ2v) is 4.28. The van der Waals surface area contributed by atoms with Crippen molar-refractivity contribution in [2.75, 3.05) is 0 Å². The fourth-order valence-electron chi connectivity index (χ4n) is 1.83. The molecule has 0 spiro atoms. The van der Waals surface area contributed by atoms with E-state index in [9.17, 15) is 13.2 Å². The van der Waals surface area contributed by atoms with Gasteiger partial charge in [-0.3, -0.25) is 9.67 Å². The van der Waals surface area contributed by atoms with Crippen molar-refractivity contribution in [3.8, 4) is 5.69 Å². The molecule has 3 rings (SSSR count). The second-order valence-electron chi connectivity index (χ2n) is 3.90. The number of aromatic amines is 1. The van der Waals surface area contributed by atoms with Crippen LogP contribution in [0.3, 0.4) is 0 Å². The first kappa shape index (κ1) is 12.0. The van der Waals surface area contributed by atoms with Crippen LogP contribution in [0, 0.1) is 0 Å². The van der Waals surface area contributed by atoms with Gasteiger partial charge in [0.1, 0.15) is 5.15 Å². The van der Waals surface area contributed by atoms with E-state index >= 15 is 0 Å². The molecule has 0 bridgehead atoms. The minimum absolute atomic E-state index is 0.209. The average molecular weight is 287 g/mol. The van der Waals surface area contributed by atoms with Crippen LogP contribution in [0.2, 0.25) is 5.15 Å². The van der Waals surface area contributed by atoms with Gasteiger partial charge in [0.2, 0.25) is 5.82 Å². The summed E-state index contributed by atoms with van der Waals surface area (Å²) in [5.41, 5.74) is 1.06. The third kappa shape index (κ3) is 2.06. The molecule has 0 fully saturated rings. The fraction of sp³-hybridized carbons (Fsp3) is 0.0909. The van der Waals surface area contributed by atoms with Crippen LogP contribution in [0.5, 0.6) is 0 Å². The minimum atomic E-state index is -4.57. The highest BCUT2D eigenvalue weighted by Gasteiger charge is 2.37. The molecule has 1 N–H and O–H groups in total. The zero-order valence-electron chi connectivity index (χ0n) is 9.24. The number of halogens is 4. The van der Waals surface area contributed by atoms with Gasteiger partial charge in [-0.05, 0) is 18.2 Å². The Bertz CT molecular complexity index is 744. The molecule has 8 heteroatoms. The van der Waals surface area contributed by atoms with Gasteiger partial charge in [-0.2, -0.15) is 18.3 Å². The molecule has 2 aromatic heterocycles. The third-order valence-electron chi connectivity index (χ3n) is 2.63. The summed E-state index contributed by atoms with van der Waals surface area (Å²) in [4.78, 5) is 3.31. The summed E-state index contributed by atoms with van der Waals surface area (Å²) in [6.07, 6.45) is -1.91. The van der Waals surface area contributed by atoms with Crippen LogP contribution < -0.4 is 0 Å². The van der Waals surface area contributed by atoms with Crippen LogP contribution in [-0.2, 0) is 6.18 Å².